The Morgan fingerprint density at radius 1 is 1.14 bits per heavy atom. The van der Waals surface area contributed by atoms with Crippen LogP contribution in [-0.4, -0.2) is 20.5 Å². The summed E-state index contributed by atoms with van der Waals surface area (Å²) in [6, 6.07) is 6.45. The van der Waals surface area contributed by atoms with Crippen molar-refractivity contribution < 1.29 is 4.79 Å². The second kappa shape index (κ2) is 6.14. The molecule has 0 spiro atoms. The first-order valence-corrected chi connectivity index (χ1v) is 11.6. The van der Waals surface area contributed by atoms with Crippen molar-refractivity contribution in [2.75, 3.05) is 5.32 Å². The molecular formula is C23H26N4OS. The van der Waals surface area contributed by atoms with E-state index < -0.39 is 0 Å². The van der Waals surface area contributed by atoms with Crippen LogP contribution in [0.2, 0.25) is 0 Å². The smallest absolute Gasteiger partial charge is 0.250 e. The molecule has 0 aliphatic heterocycles. The van der Waals surface area contributed by atoms with Crippen molar-refractivity contribution in [3.63, 3.8) is 0 Å². The van der Waals surface area contributed by atoms with E-state index >= 15 is 0 Å². The zero-order chi connectivity index (χ0) is 19.8. The van der Waals surface area contributed by atoms with Crippen molar-refractivity contribution in [3.05, 3.63) is 34.7 Å². The molecule has 0 saturated heterocycles. The van der Waals surface area contributed by atoms with Gasteiger partial charge in [0.15, 0.2) is 0 Å². The average Bonchev–Trinajstić information content (AvgIpc) is 3.21. The van der Waals surface area contributed by atoms with Gasteiger partial charge in [-0.05, 0) is 75.7 Å². The van der Waals surface area contributed by atoms with E-state index in [0.29, 0.717) is 5.95 Å². The SMILES string of the molecule is Cc1ccc(-c2csc3nc(NC(=O)C45CC6CC(CC(C6)C4)C5)nn23)c(C)c1. The maximum absolute atomic E-state index is 13.3. The fourth-order valence-corrected chi connectivity index (χ4v) is 7.47. The van der Waals surface area contributed by atoms with Crippen molar-refractivity contribution >= 4 is 28.2 Å². The van der Waals surface area contributed by atoms with E-state index in [1.807, 2.05) is 4.52 Å². The van der Waals surface area contributed by atoms with E-state index in [9.17, 15) is 4.79 Å². The zero-order valence-corrected chi connectivity index (χ0v) is 17.8. The van der Waals surface area contributed by atoms with Crippen molar-refractivity contribution in [1.29, 1.82) is 0 Å². The number of rotatable bonds is 3. The number of amides is 1. The lowest BCUT2D eigenvalue weighted by Crippen LogP contribution is -2.51. The third-order valence-electron chi connectivity index (χ3n) is 7.48. The highest BCUT2D eigenvalue weighted by atomic mass is 32.1. The van der Waals surface area contributed by atoms with Gasteiger partial charge in [0.2, 0.25) is 16.8 Å². The molecule has 2 aromatic heterocycles. The number of benzene rings is 1. The van der Waals surface area contributed by atoms with E-state index in [4.69, 9.17) is 0 Å². The number of carbonyl (C=O) groups excluding carboxylic acids is 1. The first kappa shape index (κ1) is 17.6. The summed E-state index contributed by atoms with van der Waals surface area (Å²) in [6.07, 6.45) is 7.18. The lowest BCUT2D eigenvalue weighted by molar-refractivity contribution is -0.140. The van der Waals surface area contributed by atoms with Gasteiger partial charge in [0, 0.05) is 10.9 Å². The highest BCUT2D eigenvalue weighted by molar-refractivity contribution is 7.15. The van der Waals surface area contributed by atoms with Crippen LogP contribution in [0.4, 0.5) is 5.95 Å². The zero-order valence-electron chi connectivity index (χ0n) is 16.9. The lowest BCUT2D eigenvalue weighted by Gasteiger charge is -2.55. The molecule has 2 heterocycles. The number of nitrogens with one attached hydrogen (secondary N) is 1. The van der Waals surface area contributed by atoms with Crippen LogP contribution in [0, 0.1) is 37.0 Å². The third kappa shape index (κ3) is 2.75. The van der Waals surface area contributed by atoms with Crippen LogP contribution in [0.5, 0.6) is 0 Å². The molecule has 6 heteroatoms. The standard InChI is InChI=1S/C23H26N4OS/c1-13-3-4-18(14(2)5-13)19-12-29-22-25-21(26-27(19)22)24-20(28)23-9-15-6-16(10-23)8-17(7-15)11-23/h3-5,12,15-17H,6-11H2,1-2H3,(H,24,26,28). The lowest BCUT2D eigenvalue weighted by atomic mass is 9.49. The molecule has 4 bridgehead atoms. The molecule has 5 nitrogen and oxygen atoms in total. The Morgan fingerprint density at radius 3 is 2.48 bits per heavy atom. The predicted molar refractivity (Wildman–Crippen MR) is 115 cm³/mol. The molecule has 4 aliphatic carbocycles. The molecule has 0 atom stereocenters. The third-order valence-corrected chi connectivity index (χ3v) is 8.30. The van der Waals surface area contributed by atoms with Gasteiger partial charge < -0.3 is 0 Å². The summed E-state index contributed by atoms with van der Waals surface area (Å²) in [7, 11) is 0. The van der Waals surface area contributed by atoms with Gasteiger partial charge in [-0.25, -0.2) is 4.52 Å². The molecule has 4 saturated carbocycles. The highest BCUT2D eigenvalue weighted by Gasteiger charge is 2.54. The molecule has 4 fully saturated rings. The van der Waals surface area contributed by atoms with E-state index in [0.717, 1.165) is 53.2 Å². The van der Waals surface area contributed by atoms with Gasteiger partial charge in [-0.1, -0.05) is 23.8 Å². The molecular weight excluding hydrogens is 380 g/mol. The van der Waals surface area contributed by atoms with Crippen molar-refractivity contribution in [1.82, 2.24) is 14.6 Å². The molecule has 4 aliphatic rings. The van der Waals surface area contributed by atoms with E-state index in [-0.39, 0.29) is 11.3 Å². The number of carbonyl (C=O) groups is 1. The maximum atomic E-state index is 13.3. The highest BCUT2D eigenvalue weighted by Crippen LogP contribution is 2.60. The summed E-state index contributed by atoms with van der Waals surface area (Å²) >= 11 is 1.57. The second-order valence-electron chi connectivity index (χ2n) is 9.72. The maximum Gasteiger partial charge on any atom is 0.250 e. The van der Waals surface area contributed by atoms with Gasteiger partial charge in [0.25, 0.3) is 0 Å². The molecule has 3 aromatic rings. The molecule has 0 radical (unpaired) electrons. The fourth-order valence-electron chi connectivity index (χ4n) is 6.64. The van der Waals surface area contributed by atoms with Crippen molar-refractivity contribution in [2.24, 2.45) is 23.2 Å². The topological polar surface area (TPSA) is 59.3 Å². The Bertz CT molecular complexity index is 1090. The first-order valence-electron chi connectivity index (χ1n) is 10.7. The first-order chi connectivity index (χ1) is 14.0. The number of nitrogens with zero attached hydrogens (tertiary/aromatic N) is 3. The van der Waals surface area contributed by atoms with Gasteiger partial charge in [-0.2, -0.15) is 4.98 Å². The van der Waals surface area contributed by atoms with E-state index in [2.05, 4.69) is 52.8 Å². The quantitative estimate of drug-likeness (QED) is 0.648. The summed E-state index contributed by atoms with van der Waals surface area (Å²) in [5.74, 6) is 2.86. The summed E-state index contributed by atoms with van der Waals surface area (Å²) < 4.78 is 1.87. The number of hydrogen-bond acceptors (Lipinski definition) is 4. The normalized spacial score (nSPS) is 30.2. The van der Waals surface area contributed by atoms with Crippen LogP contribution in [0.1, 0.15) is 49.7 Å². The molecule has 0 unspecified atom stereocenters. The summed E-state index contributed by atoms with van der Waals surface area (Å²) in [6.45, 7) is 4.23. The molecule has 1 amide bonds. The van der Waals surface area contributed by atoms with Gasteiger partial charge in [-0.3, -0.25) is 10.1 Å². The summed E-state index contributed by atoms with van der Waals surface area (Å²) in [5.41, 5.74) is 4.49. The molecule has 150 valence electrons. The Hall–Kier alpha value is -2.21. The van der Waals surface area contributed by atoms with Crippen LogP contribution in [0.3, 0.4) is 0 Å². The Morgan fingerprint density at radius 2 is 1.83 bits per heavy atom. The van der Waals surface area contributed by atoms with E-state index in [1.165, 1.54) is 30.4 Å². The Kier molecular flexibility index (Phi) is 3.74. The number of anilines is 1. The largest absolute Gasteiger partial charge is 0.293 e. The monoisotopic (exact) mass is 406 g/mol. The van der Waals surface area contributed by atoms with Crippen LogP contribution >= 0.6 is 11.3 Å². The minimum absolute atomic E-state index is 0.155. The number of thiazole rings is 1. The average molecular weight is 407 g/mol. The Labute approximate surface area is 174 Å². The van der Waals surface area contributed by atoms with Crippen LogP contribution in [-0.2, 0) is 4.79 Å². The second-order valence-corrected chi connectivity index (χ2v) is 10.6. The molecule has 1 N–H and O–H groups in total. The molecule has 7 rings (SSSR count). The predicted octanol–water partition coefficient (Wildman–Crippen LogP) is 5.23. The molecule has 29 heavy (non-hydrogen) atoms. The van der Waals surface area contributed by atoms with E-state index in [1.54, 1.807) is 11.3 Å². The van der Waals surface area contributed by atoms with Crippen LogP contribution in [0.25, 0.3) is 16.2 Å². The van der Waals surface area contributed by atoms with Crippen LogP contribution < -0.4 is 5.32 Å². The minimum Gasteiger partial charge on any atom is -0.293 e. The number of fused-ring (bicyclic) bond motifs is 1. The van der Waals surface area contributed by atoms with Crippen molar-refractivity contribution in [3.8, 4) is 11.3 Å². The number of hydrogen-bond donors (Lipinski definition) is 1. The van der Waals surface area contributed by atoms with Gasteiger partial charge >= 0.3 is 0 Å². The number of aryl methyl sites for hydroxylation is 2. The van der Waals surface area contributed by atoms with Crippen molar-refractivity contribution in [2.45, 2.75) is 52.4 Å². The van der Waals surface area contributed by atoms with Gasteiger partial charge in [0.1, 0.15) is 0 Å². The van der Waals surface area contributed by atoms with Gasteiger partial charge in [0.05, 0.1) is 11.1 Å². The van der Waals surface area contributed by atoms with Crippen LogP contribution in [0.15, 0.2) is 23.6 Å². The minimum atomic E-state index is -0.177. The Balaban J connectivity index is 1.30. The molecule has 1 aromatic carbocycles. The fraction of sp³-hybridized carbons (Fsp3) is 0.522. The summed E-state index contributed by atoms with van der Waals surface area (Å²) in [5, 5.41) is 9.86. The number of aromatic nitrogens is 3. The summed E-state index contributed by atoms with van der Waals surface area (Å²) in [4.78, 5) is 18.7. The van der Waals surface area contributed by atoms with Gasteiger partial charge in [-0.15, -0.1) is 16.4 Å².